The smallest absolute Gasteiger partial charge is 0.244 e. The number of hydrazone groups is 1. The molecule has 0 aliphatic heterocycles. The molecule has 7 heteroatoms. The van der Waals surface area contributed by atoms with Crippen molar-refractivity contribution in [3.63, 3.8) is 0 Å². The highest BCUT2D eigenvalue weighted by atomic mass is 35.5. The fourth-order valence-electron chi connectivity index (χ4n) is 2.33. The minimum atomic E-state index is -0.244. The lowest BCUT2D eigenvalue weighted by atomic mass is 10.1. The molecule has 2 rings (SSSR count). The van der Waals surface area contributed by atoms with Crippen LogP contribution in [-0.4, -0.2) is 32.4 Å². The number of carbonyl (C=O) groups is 1. The largest absolute Gasteiger partial charge is 0.497 e. The second-order valence-corrected chi connectivity index (χ2v) is 5.98. The Labute approximate surface area is 169 Å². The van der Waals surface area contributed by atoms with Gasteiger partial charge in [0.2, 0.25) is 5.91 Å². The number of nitrogens with zero attached hydrogens (tertiary/aromatic N) is 1. The van der Waals surface area contributed by atoms with Crippen LogP contribution in [0.15, 0.2) is 41.5 Å². The van der Waals surface area contributed by atoms with Crippen LogP contribution in [0.3, 0.4) is 0 Å². The van der Waals surface area contributed by atoms with E-state index in [0.29, 0.717) is 28.7 Å². The van der Waals surface area contributed by atoms with Gasteiger partial charge < -0.3 is 14.2 Å². The molecular formula is C21H21ClN2O4. The van der Waals surface area contributed by atoms with Gasteiger partial charge in [-0.15, -0.1) is 6.42 Å². The van der Waals surface area contributed by atoms with Crippen LogP contribution in [-0.2, 0) is 11.2 Å². The highest BCUT2D eigenvalue weighted by molar-refractivity contribution is 6.32. The van der Waals surface area contributed by atoms with E-state index in [2.05, 4.69) is 16.4 Å². The molecule has 0 saturated heterocycles. The first-order chi connectivity index (χ1) is 13.6. The van der Waals surface area contributed by atoms with Crippen molar-refractivity contribution in [3.05, 3.63) is 52.5 Å². The molecule has 0 aliphatic rings. The highest BCUT2D eigenvalue weighted by Gasteiger charge is 2.12. The summed E-state index contributed by atoms with van der Waals surface area (Å²) in [6.45, 7) is 2.36. The van der Waals surface area contributed by atoms with Gasteiger partial charge in [0, 0.05) is 0 Å². The van der Waals surface area contributed by atoms with Crippen LogP contribution in [0.25, 0.3) is 0 Å². The van der Waals surface area contributed by atoms with Crippen LogP contribution < -0.4 is 19.6 Å². The van der Waals surface area contributed by atoms with E-state index in [-0.39, 0.29) is 18.9 Å². The van der Waals surface area contributed by atoms with Crippen molar-refractivity contribution >= 4 is 23.7 Å². The molecule has 0 aromatic heterocycles. The number of hydrogen-bond donors (Lipinski definition) is 1. The van der Waals surface area contributed by atoms with E-state index >= 15 is 0 Å². The standard InChI is InChI=1S/C21H21ClN2O4/c1-4-10-28-21-18(22)11-16(12-19(21)27-5-2)14-23-24-20(25)13-15-6-8-17(26-3)9-7-15/h1,6-9,11-12,14H,5,10,13H2,2-3H3,(H,24,25)/b23-14+. The normalized spacial score (nSPS) is 10.4. The van der Waals surface area contributed by atoms with Crippen LogP contribution in [0.1, 0.15) is 18.1 Å². The van der Waals surface area contributed by atoms with E-state index in [4.69, 9.17) is 32.2 Å². The number of methoxy groups -OCH3 is 1. The SMILES string of the molecule is C#CCOc1c(Cl)cc(/C=N/NC(=O)Cc2ccc(OC)cc2)cc1OCC. The lowest BCUT2D eigenvalue weighted by Gasteiger charge is -2.12. The van der Waals surface area contributed by atoms with E-state index in [1.807, 2.05) is 19.1 Å². The summed E-state index contributed by atoms with van der Waals surface area (Å²) in [5.74, 6) is 3.71. The van der Waals surface area contributed by atoms with Gasteiger partial charge >= 0.3 is 0 Å². The van der Waals surface area contributed by atoms with Gasteiger partial charge in [-0.25, -0.2) is 5.43 Å². The maximum Gasteiger partial charge on any atom is 0.244 e. The molecule has 2 aromatic carbocycles. The number of halogens is 1. The fourth-order valence-corrected chi connectivity index (χ4v) is 2.60. The summed E-state index contributed by atoms with van der Waals surface area (Å²) in [5.41, 5.74) is 3.98. The van der Waals surface area contributed by atoms with Gasteiger partial charge in [0.25, 0.3) is 0 Å². The first kappa shape index (κ1) is 21.1. The average molecular weight is 401 g/mol. The molecule has 0 saturated carbocycles. The predicted molar refractivity (Wildman–Crippen MR) is 109 cm³/mol. The van der Waals surface area contributed by atoms with Gasteiger partial charge in [0.05, 0.1) is 31.4 Å². The van der Waals surface area contributed by atoms with Crippen molar-refractivity contribution in [3.8, 4) is 29.6 Å². The van der Waals surface area contributed by atoms with Crippen LogP contribution in [0.4, 0.5) is 0 Å². The van der Waals surface area contributed by atoms with E-state index in [1.54, 1.807) is 31.4 Å². The van der Waals surface area contributed by atoms with Crippen molar-refractivity contribution in [1.29, 1.82) is 0 Å². The molecule has 0 atom stereocenters. The molecule has 0 fully saturated rings. The van der Waals surface area contributed by atoms with Gasteiger partial charge in [0.1, 0.15) is 12.4 Å². The Morgan fingerprint density at radius 3 is 2.68 bits per heavy atom. The lowest BCUT2D eigenvalue weighted by Crippen LogP contribution is -2.19. The molecule has 0 radical (unpaired) electrons. The Morgan fingerprint density at radius 2 is 2.04 bits per heavy atom. The summed E-state index contributed by atoms with van der Waals surface area (Å²) in [6, 6.07) is 10.6. The minimum absolute atomic E-state index is 0.0780. The van der Waals surface area contributed by atoms with Gasteiger partial charge in [-0.2, -0.15) is 5.10 Å². The molecule has 0 heterocycles. The van der Waals surface area contributed by atoms with Crippen molar-refractivity contribution in [1.82, 2.24) is 5.43 Å². The van der Waals surface area contributed by atoms with E-state index in [0.717, 1.165) is 11.3 Å². The summed E-state index contributed by atoms with van der Waals surface area (Å²) in [6.07, 6.45) is 6.89. The number of ether oxygens (including phenoxy) is 3. The first-order valence-electron chi connectivity index (χ1n) is 8.54. The number of nitrogens with one attached hydrogen (secondary N) is 1. The maximum absolute atomic E-state index is 12.0. The van der Waals surface area contributed by atoms with Crippen molar-refractivity contribution < 1.29 is 19.0 Å². The van der Waals surface area contributed by atoms with E-state index in [9.17, 15) is 4.79 Å². The Bertz CT molecular complexity index is 873. The van der Waals surface area contributed by atoms with Crippen molar-refractivity contribution in [2.45, 2.75) is 13.3 Å². The third-order valence-corrected chi connectivity index (χ3v) is 3.84. The number of terminal acetylenes is 1. The molecule has 0 bridgehead atoms. The highest BCUT2D eigenvalue weighted by Crippen LogP contribution is 2.36. The molecule has 0 aliphatic carbocycles. The lowest BCUT2D eigenvalue weighted by molar-refractivity contribution is -0.120. The zero-order chi connectivity index (χ0) is 20.4. The van der Waals surface area contributed by atoms with Gasteiger partial charge in [-0.3, -0.25) is 4.79 Å². The number of rotatable bonds is 9. The van der Waals surface area contributed by atoms with Crippen LogP contribution in [0, 0.1) is 12.3 Å². The Balaban J connectivity index is 2.02. The Hall–Kier alpha value is -3.17. The third kappa shape index (κ3) is 6.22. The molecule has 28 heavy (non-hydrogen) atoms. The number of hydrogen-bond acceptors (Lipinski definition) is 5. The van der Waals surface area contributed by atoms with E-state index < -0.39 is 0 Å². The number of carbonyl (C=O) groups excluding carboxylic acids is 1. The van der Waals surface area contributed by atoms with Gasteiger partial charge in [-0.05, 0) is 42.3 Å². The van der Waals surface area contributed by atoms with Gasteiger partial charge in [0.15, 0.2) is 11.5 Å². The molecule has 2 aromatic rings. The molecule has 0 unspecified atom stereocenters. The van der Waals surface area contributed by atoms with Crippen LogP contribution in [0.2, 0.25) is 5.02 Å². The zero-order valence-corrected chi connectivity index (χ0v) is 16.5. The number of amides is 1. The second-order valence-electron chi connectivity index (χ2n) is 5.57. The van der Waals surface area contributed by atoms with Crippen molar-refractivity contribution in [2.24, 2.45) is 5.10 Å². The number of benzene rings is 2. The quantitative estimate of drug-likeness (QED) is 0.397. The summed E-state index contributed by atoms with van der Waals surface area (Å²) in [5, 5.41) is 4.31. The van der Waals surface area contributed by atoms with E-state index in [1.165, 1.54) is 6.21 Å². The molecule has 1 amide bonds. The molecule has 0 spiro atoms. The first-order valence-corrected chi connectivity index (χ1v) is 8.92. The topological polar surface area (TPSA) is 69.2 Å². The minimum Gasteiger partial charge on any atom is -0.497 e. The third-order valence-electron chi connectivity index (χ3n) is 3.56. The summed E-state index contributed by atoms with van der Waals surface area (Å²) in [7, 11) is 1.59. The van der Waals surface area contributed by atoms with Crippen LogP contribution in [0.5, 0.6) is 17.2 Å². The molecule has 6 nitrogen and oxygen atoms in total. The van der Waals surface area contributed by atoms with Gasteiger partial charge in [-0.1, -0.05) is 29.7 Å². The maximum atomic E-state index is 12.0. The monoisotopic (exact) mass is 400 g/mol. The van der Waals surface area contributed by atoms with Crippen LogP contribution >= 0.6 is 11.6 Å². The molecular weight excluding hydrogens is 380 g/mol. The zero-order valence-electron chi connectivity index (χ0n) is 15.7. The molecule has 146 valence electrons. The Morgan fingerprint density at radius 1 is 1.29 bits per heavy atom. The average Bonchev–Trinajstić information content (AvgIpc) is 2.68. The molecule has 1 N–H and O–H groups in total. The summed E-state index contributed by atoms with van der Waals surface area (Å²) < 4.78 is 16.1. The second kappa shape index (κ2) is 10.9. The predicted octanol–water partition coefficient (Wildman–Crippen LogP) is 3.45. The van der Waals surface area contributed by atoms with Crippen molar-refractivity contribution in [2.75, 3.05) is 20.3 Å². The summed E-state index contributed by atoms with van der Waals surface area (Å²) in [4.78, 5) is 12.0. The summed E-state index contributed by atoms with van der Waals surface area (Å²) >= 11 is 6.25. The fraction of sp³-hybridized carbons (Fsp3) is 0.238. The Kier molecular flexibility index (Phi) is 8.19.